The summed E-state index contributed by atoms with van der Waals surface area (Å²) in [6.45, 7) is 4.33. The van der Waals surface area contributed by atoms with Crippen LogP contribution in [-0.4, -0.2) is 23.7 Å². The molecule has 0 bridgehead atoms. The van der Waals surface area contributed by atoms with Crippen LogP contribution in [0.3, 0.4) is 0 Å². The maximum Gasteiger partial charge on any atom is 0.226 e. The Labute approximate surface area is 60.4 Å². The summed E-state index contributed by atoms with van der Waals surface area (Å²) in [4.78, 5) is 11.0. The van der Waals surface area contributed by atoms with Crippen molar-refractivity contribution < 1.29 is 9.90 Å². The van der Waals surface area contributed by atoms with Gasteiger partial charge in [-0.05, 0) is 12.8 Å². The third kappa shape index (κ3) is 1.14. The molecule has 1 saturated heterocycles. The van der Waals surface area contributed by atoms with Crippen LogP contribution < -0.4 is 5.32 Å². The second-order valence-corrected chi connectivity index (χ2v) is 2.99. The van der Waals surface area contributed by atoms with Crippen LogP contribution in [0.2, 0.25) is 0 Å². The first-order valence-electron chi connectivity index (χ1n) is 3.58. The van der Waals surface area contributed by atoms with Crippen molar-refractivity contribution in [2.75, 3.05) is 6.54 Å². The summed E-state index contributed by atoms with van der Waals surface area (Å²) in [6, 6.07) is 0. The molecule has 3 atom stereocenters. The van der Waals surface area contributed by atoms with Crippen molar-refractivity contribution in [2.45, 2.75) is 20.0 Å². The number of hydrogen-bond donors (Lipinski definition) is 2. The molecule has 1 amide bonds. The first kappa shape index (κ1) is 7.54. The number of hydrogen-bond acceptors (Lipinski definition) is 2. The first-order valence-corrected chi connectivity index (χ1v) is 3.58. The molecular weight excluding hydrogens is 130 g/mol. The smallest absolute Gasteiger partial charge is 0.226 e. The standard InChI is InChI=1S/C7H13NO2/c1-4-3-8-7(10)6(4)5(2)9/h4-6,9H,3H2,1-2H3,(H,8,10)/t4-,5+,6+/m0/s1. The predicted molar refractivity (Wildman–Crippen MR) is 37.3 cm³/mol. The summed E-state index contributed by atoms with van der Waals surface area (Å²) in [5, 5.41) is 11.8. The van der Waals surface area contributed by atoms with E-state index in [9.17, 15) is 4.79 Å². The van der Waals surface area contributed by atoms with E-state index in [4.69, 9.17) is 5.11 Å². The molecule has 3 nitrogen and oxygen atoms in total. The average Bonchev–Trinajstić information content (AvgIpc) is 2.11. The molecule has 1 heterocycles. The van der Waals surface area contributed by atoms with Crippen molar-refractivity contribution in [1.29, 1.82) is 0 Å². The van der Waals surface area contributed by atoms with E-state index < -0.39 is 6.10 Å². The van der Waals surface area contributed by atoms with Crippen LogP contribution in [0.15, 0.2) is 0 Å². The lowest BCUT2D eigenvalue weighted by molar-refractivity contribution is -0.125. The minimum absolute atomic E-state index is 0.0116. The van der Waals surface area contributed by atoms with Gasteiger partial charge >= 0.3 is 0 Å². The molecule has 0 spiro atoms. The van der Waals surface area contributed by atoms with Gasteiger partial charge in [0.1, 0.15) is 0 Å². The van der Waals surface area contributed by atoms with E-state index in [0.717, 1.165) is 0 Å². The number of carbonyl (C=O) groups excluding carboxylic acids is 1. The van der Waals surface area contributed by atoms with Gasteiger partial charge < -0.3 is 10.4 Å². The Morgan fingerprint density at radius 3 is 2.60 bits per heavy atom. The highest BCUT2D eigenvalue weighted by Gasteiger charge is 2.34. The predicted octanol–water partition coefficient (Wildman–Crippen LogP) is -0.251. The number of aliphatic hydroxyl groups is 1. The number of aliphatic hydroxyl groups excluding tert-OH is 1. The molecule has 58 valence electrons. The van der Waals surface area contributed by atoms with E-state index in [0.29, 0.717) is 6.54 Å². The quantitative estimate of drug-likeness (QED) is 0.531. The Hall–Kier alpha value is -0.570. The van der Waals surface area contributed by atoms with Crippen LogP contribution in [0.4, 0.5) is 0 Å². The fraction of sp³-hybridized carbons (Fsp3) is 0.857. The van der Waals surface area contributed by atoms with E-state index >= 15 is 0 Å². The SMILES string of the molecule is C[C@@H](O)[C@@H]1C(=O)NC[C@@H]1C. The van der Waals surface area contributed by atoms with E-state index in [-0.39, 0.29) is 17.7 Å². The third-order valence-electron chi connectivity index (χ3n) is 2.03. The zero-order valence-corrected chi connectivity index (χ0v) is 6.29. The van der Waals surface area contributed by atoms with Gasteiger partial charge in [-0.25, -0.2) is 0 Å². The van der Waals surface area contributed by atoms with Gasteiger partial charge in [-0.1, -0.05) is 6.92 Å². The summed E-state index contributed by atoms with van der Waals surface area (Å²) in [5.74, 6) is 0.0648. The van der Waals surface area contributed by atoms with E-state index in [1.807, 2.05) is 6.92 Å². The Morgan fingerprint density at radius 2 is 2.40 bits per heavy atom. The first-order chi connectivity index (χ1) is 4.63. The molecule has 0 aromatic heterocycles. The highest BCUT2D eigenvalue weighted by atomic mass is 16.3. The molecule has 10 heavy (non-hydrogen) atoms. The molecule has 3 heteroatoms. The zero-order chi connectivity index (χ0) is 7.72. The van der Waals surface area contributed by atoms with Gasteiger partial charge in [-0.3, -0.25) is 4.79 Å². The Morgan fingerprint density at radius 1 is 1.80 bits per heavy atom. The number of amides is 1. The van der Waals surface area contributed by atoms with Gasteiger partial charge in [0, 0.05) is 6.54 Å². The van der Waals surface area contributed by atoms with Crippen molar-refractivity contribution >= 4 is 5.91 Å². The van der Waals surface area contributed by atoms with E-state index in [1.54, 1.807) is 6.92 Å². The minimum atomic E-state index is -0.516. The monoisotopic (exact) mass is 143 g/mol. The van der Waals surface area contributed by atoms with E-state index in [2.05, 4.69) is 5.32 Å². The van der Waals surface area contributed by atoms with Crippen molar-refractivity contribution in [3.63, 3.8) is 0 Å². The maximum atomic E-state index is 11.0. The Balaban J connectivity index is 2.63. The highest BCUT2D eigenvalue weighted by molar-refractivity contribution is 5.81. The average molecular weight is 143 g/mol. The van der Waals surface area contributed by atoms with Crippen LogP contribution in [0.25, 0.3) is 0 Å². The zero-order valence-electron chi connectivity index (χ0n) is 6.29. The molecule has 0 aromatic rings. The minimum Gasteiger partial charge on any atom is -0.393 e. The lowest BCUT2D eigenvalue weighted by Gasteiger charge is -2.14. The van der Waals surface area contributed by atoms with Gasteiger partial charge in [0.25, 0.3) is 0 Å². The van der Waals surface area contributed by atoms with Gasteiger partial charge in [-0.15, -0.1) is 0 Å². The van der Waals surface area contributed by atoms with Crippen molar-refractivity contribution in [3.05, 3.63) is 0 Å². The Bertz CT molecular complexity index is 145. The molecule has 0 aromatic carbocycles. The molecule has 1 aliphatic rings. The van der Waals surface area contributed by atoms with Crippen LogP contribution >= 0.6 is 0 Å². The normalized spacial score (nSPS) is 35.7. The van der Waals surface area contributed by atoms with Gasteiger partial charge in [0.15, 0.2) is 0 Å². The topological polar surface area (TPSA) is 49.3 Å². The van der Waals surface area contributed by atoms with Gasteiger partial charge in [-0.2, -0.15) is 0 Å². The number of rotatable bonds is 1. The van der Waals surface area contributed by atoms with Gasteiger partial charge in [0.2, 0.25) is 5.91 Å². The summed E-state index contributed by atoms with van der Waals surface area (Å²) in [5.41, 5.74) is 0. The number of nitrogens with one attached hydrogen (secondary N) is 1. The second-order valence-electron chi connectivity index (χ2n) is 2.99. The van der Waals surface area contributed by atoms with Crippen LogP contribution in [0, 0.1) is 11.8 Å². The molecule has 0 saturated carbocycles. The molecule has 2 N–H and O–H groups in total. The van der Waals surface area contributed by atoms with Crippen molar-refractivity contribution in [2.24, 2.45) is 11.8 Å². The van der Waals surface area contributed by atoms with Crippen molar-refractivity contribution in [1.82, 2.24) is 5.32 Å². The number of carbonyl (C=O) groups is 1. The van der Waals surface area contributed by atoms with Gasteiger partial charge in [0.05, 0.1) is 12.0 Å². The highest BCUT2D eigenvalue weighted by Crippen LogP contribution is 2.20. The fourth-order valence-corrected chi connectivity index (χ4v) is 1.46. The lowest BCUT2D eigenvalue weighted by Crippen LogP contribution is -2.28. The summed E-state index contributed by atoms with van der Waals surface area (Å²) >= 11 is 0. The summed E-state index contributed by atoms with van der Waals surface area (Å²) < 4.78 is 0. The molecule has 1 fully saturated rings. The van der Waals surface area contributed by atoms with Crippen LogP contribution in [-0.2, 0) is 4.79 Å². The molecular formula is C7H13NO2. The molecule has 0 radical (unpaired) electrons. The third-order valence-corrected chi connectivity index (χ3v) is 2.03. The fourth-order valence-electron chi connectivity index (χ4n) is 1.46. The molecule has 1 aliphatic heterocycles. The van der Waals surface area contributed by atoms with Crippen molar-refractivity contribution in [3.8, 4) is 0 Å². The lowest BCUT2D eigenvalue weighted by atomic mass is 9.93. The summed E-state index contributed by atoms with van der Waals surface area (Å²) in [6.07, 6.45) is -0.516. The molecule has 0 aliphatic carbocycles. The van der Waals surface area contributed by atoms with E-state index in [1.165, 1.54) is 0 Å². The maximum absolute atomic E-state index is 11.0. The second kappa shape index (κ2) is 2.58. The molecule has 0 unspecified atom stereocenters. The summed E-state index contributed by atoms with van der Waals surface area (Å²) in [7, 11) is 0. The Kier molecular flexibility index (Phi) is 1.94. The van der Waals surface area contributed by atoms with Crippen LogP contribution in [0.5, 0.6) is 0 Å². The van der Waals surface area contributed by atoms with Crippen LogP contribution in [0.1, 0.15) is 13.8 Å². The molecule has 1 rings (SSSR count). The largest absolute Gasteiger partial charge is 0.393 e.